The van der Waals surface area contributed by atoms with E-state index < -0.39 is 23.2 Å². The second-order valence-electron chi connectivity index (χ2n) is 11.5. The highest BCUT2D eigenvalue weighted by molar-refractivity contribution is 6.32. The van der Waals surface area contributed by atoms with Crippen molar-refractivity contribution < 1.29 is 32.6 Å². The topological polar surface area (TPSA) is 95.0 Å². The second-order valence-corrected chi connectivity index (χ2v) is 11.8. The van der Waals surface area contributed by atoms with E-state index in [1.165, 1.54) is 26.3 Å². The fraction of sp³-hybridized carbons (Fsp3) is 0.552. The van der Waals surface area contributed by atoms with Crippen LogP contribution in [0.1, 0.15) is 54.4 Å². The number of hydrogen-bond donors (Lipinski definition) is 2. The van der Waals surface area contributed by atoms with Gasteiger partial charge in [-0.05, 0) is 74.1 Å². The number of ether oxygens (including phenoxy) is 1. The summed E-state index contributed by atoms with van der Waals surface area (Å²) in [7, 11) is 2.59. The van der Waals surface area contributed by atoms with Crippen molar-refractivity contribution in [2.75, 3.05) is 38.7 Å². The fourth-order valence-corrected chi connectivity index (χ4v) is 6.11. The first-order valence-electron chi connectivity index (χ1n) is 13.8. The first kappa shape index (κ1) is 29.4. The maximum absolute atomic E-state index is 14.1. The number of benzene rings is 1. The summed E-state index contributed by atoms with van der Waals surface area (Å²) in [6.45, 7) is 1.58. The van der Waals surface area contributed by atoms with Gasteiger partial charge in [-0.2, -0.15) is 13.2 Å². The van der Waals surface area contributed by atoms with Crippen LogP contribution in [0, 0.1) is 11.3 Å². The van der Waals surface area contributed by atoms with Crippen molar-refractivity contribution in [2.45, 2.75) is 56.3 Å². The third-order valence-electron chi connectivity index (χ3n) is 8.80. The van der Waals surface area contributed by atoms with Crippen LogP contribution in [-0.2, 0) is 10.4 Å². The van der Waals surface area contributed by atoms with Gasteiger partial charge >= 0.3 is 6.18 Å². The van der Waals surface area contributed by atoms with E-state index >= 15 is 0 Å². The third kappa shape index (κ3) is 5.83. The molecule has 2 saturated carbocycles. The van der Waals surface area contributed by atoms with E-state index in [-0.39, 0.29) is 40.7 Å². The lowest BCUT2D eigenvalue weighted by Gasteiger charge is -2.35. The number of halogens is 4. The van der Waals surface area contributed by atoms with Gasteiger partial charge in [-0.1, -0.05) is 23.7 Å². The van der Waals surface area contributed by atoms with Crippen molar-refractivity contribution >= 4 is 29.2 Å². The Morgan fingerprint density at radius 2 is 1.93 bits per heavy atom. The molecule has 2 heterocycles. The summed E-state index contributed by atoms with van der Waals surface area (Å²) in [6.07, 6.45) is 0.00623. The van der Waals surface area contributed by atoms with Crippen LogP contribution in [0.4, 0.5) is 19.0 Å². The first-order valence-corrected chi connectivity index (χ1v) is 14.2. The Morgan fingerprint density at radius 3 is 2.54 bits per heavy atom. The number of amides is 2. The van der Waals surface area contributed by atoms with Crippen molar-refractivity contribution in [2.24, 2.45) is 11.3 Å². The summed E-state index contributed by atoms with van der Waals surface area (Å²) in [6, 6.07) is 8.59. The Morgan fingerprint density at radius 1 is 1.22 bits per heavy atom. The largest absolute Gasteiger partial charge is 0.497 e. The predicted octanol–water partition coefficient (Wildman–Crippen LogP) is 4.54. The smallest absolute Gasteiger partial charge is 0.430 e. The maximum Gasteiger partial charge on any atom is 0.430 e. The van der Waals surface area contributed by atoms with E-state index in [0.29, 0.717) is 17.8 Å². The van der Waals surface area contributed by atoms with Gasteiger partial charge in [0.15, 0.2) is 0 Å². The average molecular weight is 595 g/mol. The summed E-state index contributed by atoms with van der Waals surface area (Å²) < 4.78 is 47.2. The Kier molecular flexibility index (Phi) is 7.88. The van der Waals surface area contributed by atoms with Crippen LogP contribution in [0.15, 0.2) is 36.4 Å². The highest BCUT2D eigenvalue weighted by Crippen LogP contribution is 2.61. The van der Waals surface area contributed by atoms with Gasteiger partial charge in [0.1, 0.15) is 16.7 Å². The van der Waals surface area contributed by atoms with Crippen molar-refractivity contribution in [3.63, 3.8) is 0 Å². The zero-order valence-electron chi connectivity index (χ0n) is 23.0. The molecule has 2 aliphatic carbocycles. The van der Waals surface area contributed by atoms with Crippen LogP contribution in [0.25, 0.3) is 0 Å². The average Bonchev–Trinajstić information content (AvgIpc) is 3.88. The molecule has 1 spiro atoms. The van der Waals surface area contributed by atoms with E-state index in [9.17, 15) is 27.9 Å². The minimum atomic E-state index is -5.21. The molecular formula is C29H34ClF3N4O4. The molecule has 1 aromatic heterocycles. The van der Waals surface area contributed by atoms with Gasteiger partial charge in [-0.15, -0.1) is 0 Å². The molecule has 2 amide bonds. The van der Waals surface area contributed by atoms with Crippen molar-refractivity contribution in [1.82, 2.24) is 15.2 Å². The van der Waals surface area contributed by atoms with Gasteiger partial charge in [-0.3, -0.25) is 9.59 Å². The number of nitrogens with zero attached hydrogens (tertiary/aromatic N) is 3. The zero-order chi connectivity index (χ0) is 29.6. The minimum absolute atomic E-state index is 0.0847. The Balaban J connectivity index is 1.16. The standard InChI is InChI=1S/C29H34ClF3N4O4/c1-36(26(39)28(40,29(31,32)33)18-4-3-5-21(16-18)41-2)13-10-19-17-27(19)11-14-37(15-12-27)23-9-8-22(24(30)35-23)25(38)34-20-6-7-20/h3-5,8-9,16,19-20,40H,6-7,10-15,17H2,1-2H3,(H,34,38)/t19?,28-/m1/s1. The van der Waals surface area contributed by atoms with E-state index in [1.807, 2.05) is 0 Å². The van der Waals surface area contributed by atoms with Crippen molar-refractivity contribution in [3.8, 4) is 5.75 Å². The van der Waals surface area contributed by atoms with E-state index in [2.05, 4.69) is 15.2 Å². The van der Waals surface area contributed by atoms with Gasteiger partial charge in [0.2, 0.25) is 0 Å². The van der Waals surface area contributed by atoms with Crippen molar-refractivity contribution in [1.29, 1.82) is 0 Å². The Bertz CT molecular complexity index is 1310. The third-order valence-corrected chi connectivity index (χ3v) is 9.09. The Labute approximate surface area is 241 Å². The number of likely N-dealkylation sites (N-methyl/N-ethyl adjacent to an activating group) is 1. The summed E-state index contributed by atoms with van der Waals surface area (Å²) in [5, 5.41) is 13.8. The number of pyridine rings is 1. The van der Waals surface area contributed by atoms with Crippen molar-refractivity contribution in [3.05, 3.63) is 52.7 Å². The van der Waals surface area contributed by atoms with Gasteiger partial charge < -0.3 is 25.0 Å². The molecule has 2 atom stereocenters. The molecule has 0 bridgehead atoms. The van der Waals surface area contributed by atoms with Gasteiger partial charge in [0, 0.05) is 38.3 Å². The molecule has 3 fully saturated rings. The summed E-state index contributed by atoms with van der Waals surface area (Å²) in [5.41, 5.74) is -3.81. The Hall–Kier alpha value is -3.05. The number of anilines is 1. The summed E-state index contributed by atoms with van der Waals surface area (Å²) in [4.78, 5) is 32.9. The van der Waals surface area contributed by atoms with Gasteiger partial charge in [0.25, 0.3) is 17.4 Å². The number of carbonyl (C=O) groups excluding carboxylic acids is 2. The van der Waals surface area contributed by atoms with Gasteiger partial charge in [-0.25, -0.2) is 4.98 Å². The normalized spacial score (nSPS) is 21.2. The molecule has 5 rings (SSSR count). The quantitative estimate of drug-likeness (QED) is 0.414. The summed E-state index contributed by atoms with van der Waals surface area (Å²) >= 11 is 6.32. The van der Waals surface area contributed by atoms with Crippen LogP contribution in [0.5, 0.6) is 5.75 Å². The van der Waals surface area contributed by atoms with Crippen LogP contribution in [-0.4, -0.2) is 72.8 Å². The molecule has 0 radical (unpaired) electrons. The lowest BCUT2D eigenvalue weighted by atomic mass is 9.89. The van der Waals surface area contributed by atoms with Crippen LogP contribution in [0.2, 0.25) is 5.15 Å². The number of hydrogen-bond acceptors (Lipinski definition) is 6. The SMILES string of the molecule is COc1cccc([C@@](O)(C(=O)N(C)CCC2CC23CCN(c2ccc(C(=O)NC4CC4)c(Cl)n2)CC3)C(F)(F)F)c1. The number of aromatic nitrogens is 1. The second kappa shape index (κ2) is 11.0. The lowest BCUT2D eigenvalue weighted by Crippen LogP contribution is -2.55. The summed E-state index contributed by atoms with van der Waals surface area (Å²) in [5.74, 6) is -0.532. The molecule has 222 valence electrons. The van der Waals surface area contributed by atoms with Crippen LogP contribution in [0.3, 0.4) is 0 Å². The molecule has 41 heavy (non-hydrogen) atoms. The zero-order valence-corrected chi connectivity index (χ0v) is 23.8. The number of rotatable bonds is 9. The highest BCUT2D eigenvalue weighted by atomic mass is 35.5. The van der Waals surface area contributed by atoms with Crippen LogP contribution < -0.4 is 15.0 Å². The van der Waals surface area contributed by atoms with Gasteiger partial charge in [0.05, 0.1) is 12.7 Å². The lowest BCUT2D eigenvalue weighted by molar-refractivity contribution is -0.261. The highest BCUT2D eigenvalue weighted by Gasteiger charge is 2.62. The molecule has 2 aromatic rings. The number of carbonyl (C=O) groups is 2. The molecule has 12 heteroatoms. The number of piperidine rings is 1. The molecule has 1 saturated heterocycles. The van der Waals surface area contributed by atoms with E-state index in [0.717, 1.165) is 62.2 Å². The number of nitrogens with one attached hydrogen (secondary N) is 1. The number of alkyl halides is 3. The molecule has 2 N–H and O–H groups in total. The molecule has 1 aromatic carbocycles. The number of methoxy groups -OCH3 is 1. The molecule has 3 aliphatic rings. The first-order chi connectivity index (χ1) is 19.4. The maximum atomic E-state index is 14.1. The number of aliphatic hydroxyl groups is 1. The minimum Gasteiger partial charge on any atom is -0.497 e. The molecule has 8 nitrogen and oxygen atoms in total. The van der Waals surface area contributed by atoms with E-state index in [4.69, 9.17) is 16.3 Å². The fourth-order valence-electron chi connectivity index (χ4n) is 5.88. The monoisotopic (exact) mass is 594 g/mol. The van der Waals surface area contributed by atoms with Crippen LogP contribution >= 0.6 is 11.6 Å². The molecule has 1 aliphatic heterocycles. The molecule has 1 unspecified atom stereocenters. The predicted molar refractivity (Wildman–Crippen MR) is 147 cm³/mol. The molecular weight excluding hydrogens is 561 g/mol. The van der Waals surface area contributed by atoms with E-state index in [1.54, 1.807) is 12.1 Å².